The fourth-order valence-corrected chi connectivity index (χ4v) is 1.86. The minimum absolute atomic E-state index is 0.0495. The zero-order valence-electron chi connectivity index (χ0n) is 9.79. The van der Waals surface area contributed by atoms with Crippen LogP contribution in [0.5, 0.6) is 0 Å². The normalized spacial score (nSPS) is 10.2. The molecule has 0 N–H and O–H groups in total. The monoisotopic (exact) mass is 241 g/mol. The summed E-state index contributed by atoms with van der Waals surface area (Å²) in [4.78, 5) is 13.6. The summed E-state index contributed by atoms with van der Waals surface area (Å²) in [6.45, 7) is 2.45. The minimum Gasteiger partial charge on any atom is -0.341 e. The molecule has 0 aliphatic carbocycles. The van der Waals surface area contributed by atoms with Gasteiger partial charge in [0.25, 0.3) is 5.91 Å². The molecule has 0 radical (unpaired) electrons. The molecule has 0 aliphatic rings. The second-order valence-corrected chi connectivity index (χ2v) is 4.66. The molecule has 0 saturated carbocycles. The Labute approximate surface area is 99.8 Å². The zero-order chi connectivity index (χ0) is 12.1. The van der Waals surface area contributed by atoms with Gasteiger partial charge < -0.3 is 4.90 Å². The summed E-state index contributed by atoms with van der Waals surface area (Å²) >= 11 is 1.70. The summed E-state index contributed by atoms with van der Waals surface area (Å²) < 4.78 is 12.9. The van der Waals surface area contributed by atoms with E-state index in [0.29, 0.717) is 17.7 Å². The number of hydrogen-bond donors (Lipinski definition) is 0. The maximum absolute atomic E-state index is 12.9. The Morgan fingerprint density at radius 1 is 1.50 bits per heavy atom. The number of nitrogens with zero attached hydrogens (tertiary/aromatic N) is 1. The quantitative estimate of drug-likeness (QED) is 0.807. The lowest BCUT2D eigenvalue weighted by atomic mass is 10.1. The van der Waals surface area contributed by atoms with Crippen molar-refractivity contribution in [2.45, 2.75) is 6.92 Å². The minimum atomic E-state index is -0.305. The molecule has 1 aromatic carbocycles. The maximum atomic E-state index is 12.9. The topological polar surface area (TPSA) is 20.3 Å². The molecular weight excluding hydrogens is 225 g/mol. The first-order valence-corrected chi connectivity index (χ1v) is 6.46. The third-order valence-corrected chi connectivity index (χ3v) is 2.99. The Hall–Kier alpha value is -1.03. The van der Waals surface area contributed by atoms with Crippen molar-refractivity contribution in [1.29, 1.82) is 0 Å². The Morgan fingerprint density at radius 2 is 2.19 bits per heavy atom. The number of rotatable bonds is 4. The SMILES string of the molecule is CSCCN(C)C(=O)c1ccc(F)cc1C. The molecule has 0 aromatic heterocycles. The lowest BCUT2D eigenvalue weighted by molar-refractivity contribution is 0.0803. The number of aryl methyl sites for hydroxylation is 1. The van der Waals surface area contributed by atoms with E-state index < -0.39 is 0 Å². The van der Waals surface area contributed by atoms with Crippen LogP contribution >= 0.6 is 11.8 Å². The predicted molar refractivity (Wildman–Crippen MR) is 66.5 cm³/mol. The summed E-state index contributed by atoms with van der Waals surface area (Å²) in [6.07, 6.45) is 2.00. The molecule has 0 aliphatic heterocycles. The van der Waals surface area contributed by atoms with E-state index in [-0.39, 0.29) is 11.7 Å². The molecule has 1 amide bonds. The van der Waals surface area contributed by atoms with Gasteiger partial charge in [-0.25, -0.2) is 4.39 Å². The molecule has 0 fully saturated rings. The van der Waals surface area contributed by atoms with Crippen LogP contribution in [0.4, 0.5) is 4.39 Å². The van der Waals surface area contributed by atoms with Gasteiger partial charge in [0.05, 0.1) is 0 Å². The summed E-state index contributed by atoms with van der Waals surface area (Å²) in [6, 6.07) is 4.25. The first-order chi connectivity index (χ1) is 7.56. The summed E-state index contributed by atoms with van der Waals surface area (Å²) in [5, 5.41) is 0. The first-order valence-electron chi connectivity index (χ1n) is 5.07. The molecule has 0 saturated heterocycles. The number of amides is 1. The summed E-state index contributed by atoms with van der Waals surface area (Å²) in [7, 11) is 1.77. The second kappa shape index (κ2) is 5.89. The van der Waals surface area contributed by atoms with Crippen LogP contribution in [0, 0.1) is 12.7 Å². The highest BCUT2D eigenvalue weighted by Gasteiger charge is 2.13. The van der Waals surface area contributed by atoms with Gasteiger partial charge in [-0.3, -0.25) is 4.79 Å². The number of thioether (sulfide) groups is 1. The van der Waals surface area contributed by atoms with E-state index in [9.17, 15) is 9.18 Å². The lowest BCUT2D eigenvalue weighted by Crippen LogP contribution is -2.29. The van der Waals surface area contributed by atoms with E-state index in [0.717, 1.165) is 5.75 Å². The first kappa shape index (κ1) is 13.0. The van der Waals surface area contributed by atoms with Gasteiger partial charge in [0.2, 0.25) is 0 Å². The van der Waals surface area contributed by atoms with Crippen LogP contribution in [0.25, 0.3) is 0 Å². The molecule has 4 heteroatoms. The van der Waals surface area contributed by atoms with Crippen LogP contribution in [0.2, 0.25) is 0 Å². The Balaban J connectivity index is 2.79. The van der Waals surface area contributed by atoms with Crippen molar-refractivity contribution in [1.82, 2.24) is 4.90 Å². The molecular formula is C12H16FNOS. The molecule has 0 heterocycles. The van der Waals surface area contributed by atoms with Gasteiger partial charge in [-0.05, 0) is 36.9 Å². The highest BCUT2D eigenvalue weighted by Crippen LogP contribution is 2.12. The second-order valence-electron chi connectivity index (χ2n) is 3.68. The average Bonchev–Trinajstić information content (AvgIpc) is 2.25. The van der Waals surface area contributed by atoms with E-state index in [1.807, 2.05) is 6.26 Å². The third kappa shape index (κ3) is 3.23. The van der Waals surface area contributed by atoms with Gasteiger partial charge in [0, 0.05) is 24.9 Å². The Bertz CT molecular complexity index is 381. The number of carbonyl (C=O) groups is 1. The fourth-order valence-electron chi connectivity index (χ4n) is 1.40. The van der Waals surface area contributed by atoms with Crippen molar-refractivity contribution >= 4 is 17.7 Å². The summed E-state index contributed by atoms with van der Waals surface area (Å²) in [5.41, 5.74) is 1.26. The lowest BCUT2D eigenvalue weighted by Gasteiger charge is -2.17. The van der Waals surface area contributed by atoms with Crippen LogP contribution in [0.15, 0.2) is 18.2 Å². The van der Waals surface area contributed by atoms with E-state index in [2.05, 4.69) is 0 Å². The van der Waals surface area contributed by atoms with Crippen molar-refractivity contribution in [3.8, 4) is 0 Å². The fraction of sp³-hybridized carbons (Fsp3) is 0.417. The van der Waals surface area contributed by atoms with Gasteiger partial charge in [-0.2, -0.15) is 11.8 Å². The standard InChI is InChI=1S/C12H16FNOS/c1-9-8-10(13)4-5-11(9)12(15)14(2)6-7-16-3/h4-5,8H,6-7H2,1-3H3. The van der Waals surface area contributed by atoms with Gasteiger partial charge >= 0.3 is 0 Å². The molecule has 1 rings (SSSR count). The van der Waals surface area contributed by atoms with Crippen LogP contribution in [0.1, 0.15) is 15.9 Å². The molecule has 0 unspecified atom stereocenters. The van der Waals surface area contributed by atoms with Crippen molar-refractivity contribution in [3.63, 3.8) is 0 Å². The van der Waals surface area contributed by atoms with Crippen molar-refractivity contribution in [2.24, 2.45) is 0 Å². The van der Waals surface area contributed by atoms with Crippen LogP contribution in [-0.2, 0) is 0 Å². The van der Waals surface area contributed by atoms with Crippen LogP contribution in [0.3, 0.4) is 0 Å². The molecule has 0 spiro atoms. The zero-order valence-corrected chi connectivity index (χ0v) is 10.6. The molecule has 1 aromatic rings. The molecule has 2 nitrogen and oxygen atoms in total. The van der Waals surface area contributed by atoms with Crippen molar-refractivity contribution in [3.05, 3.63) is 35.1 Å². The molecule has 88 valence electrons. The predicted octanol–water partition coefficient (Wildman–Crippen LogP) is 2.57. The number of halogens is 1. The van der Waals surface area contributed by atoms with Crippen molar-refractivity contribution < 1.29 is 9.18 Å². The summed E-state index contributed by atoms with van der Waals surface area (Å²) in [5.74, 6) is 0.551. The van der Waals surface area contributed by atoms with Crippen LogP contribution in [-0.4, -0.2) is 36.4 Å². The van der Waals surface area contributed by atoms with Gasteiger partial charge in [0.1, 0.15) is 5.82 Å². The van der Waals surface area contributed by atoms with E-state index >= 15 is 0 Å². The smallest absolute Gasteiger partial charge is 0.253 e. The third-order valence-electron chi connectivity index (χ3n) is 2.40. The van der Waals surface area contributed by atoms with Gasteiger partial charge in [0.15, 0.2) is 0 Å². The molecule has 0 bridgehead atoms. The average molecular weight is 241 g/mol. The number of hydrogen-bond acceptors (Lipinski definition) is 2. The maximum Gasteiger partial charge on any atom is 0.253 e. The Kier molecular flexibility index (Phi) is 4.80. The highest BCUT2D eigenvalue weighted by molar-refractivity contribution is 7.98. The van der Waals surface area contributed by atoms with Crippen LogP contribution < -0.4 is 0 Å². The highest BCUT2D eigenvalue weighted by atomic mass is 32.2. The number of carbonyl (C=O) groups excluding carboxylic acids is 1. The van der Waals surface area contributed by atoms with Gasteiger partial charge in [-0.1, -0.05) is 0 Å². The van der Waals surface area contributed by atoms with Gasteiger partial charge in [-0.15, -0.1) is 0 Å². The van der Waals surface area contributed by atoms with Crippen molar-refractivity contribution in [2.75, 3.05) is 25.6 Å². The molecule has 0 atom stereocenters. The number of benzene rings is 1. The van der Waals surface area contributed by atoms with E-state index in [1.165, 1.54) is 12.1 Å². The van der Waals surface area contributed by atoms with E-state index in [1.54, 1.807) is 36.7 Å². The Morgan fingerprint density at radius 3 is 2.75 bits per heavy atom. The largest absolute Gasteiger partial charge is 0.341 e. The van der Waals surface area contributed by atoms with E-state index in [4.69, 9.17) is 0 Å². The molecule has 16 heavy (non-hydrogen) atoms.